The van der Waals surface area contributed by atoms with Gasteiger partial charge in [-0.25, -0.2) is 4.39 Å². The first-order chi connectivity index (χ1) is 12.8. The van der Waals surface area contributed by atoms with Crippen LogP contribution in [0.2, 0.25) is 5.02 Å². The minimum atomic E-state index is -0.593. The molecule has 0 spiro atoms. The Hall–Kier alpha value is -3.32. The lowest BCUT2D eigenvalue weighted by molar-refractivity contribution is 0.0999. The summed E-state index contributed by atoms with van der Waals surface area (Å²) in [5, 5.41) is 24.6. The minimum absolute atomic E-state index is 0.0133. The molecule has 0 unspecified atom stereocenters. The molecule has 2 aromatic carbocycles. The number of hydrogen-bond acceptors (Lipinski definition) is 5. The second kappa shape index (κ2) is 6.14. The van der Waals surface area contributed by atoms with Crippen LogP contribution in [0.1, 0.15) is 21.8 Å². The van der Waals surface area contributed by atoms with E-state index < -0.39 is 11.6 Å². The first-order valence-electron chi connectivity index (χ1n) is 7.86. The molecular weight excluding hydrogens is 375 g/mol. The van der Waals surface area contributed by atoms with Crippen LogP contribution in [0, 0.1) is 12.7 Å². The summed E-state index contributed by atoms with van der Waals surface area (Å²) in [6.45, 7) is 1.67. The van der Waals surface area contributed by atoms with E-state index in [0.29, 0.717) is 22.2 Å². The first kappa shape index (κ1) is 17.1. The molecule has 0 saturated carbocycles. The summed E-state index contributed by atoms with van der Waals surface area (Å²) < 4.78 is 18.3. The van der Waals surface area contributed by atoms with Gasteiger partial charge in [-0.3, -0.25) is 4.79 Å². The molecule has 0 amide bonds. The third-order valence-corrected chi connectivity index (χ3v) is 4.51. The Kier molecular flexibility index (Phi) is 3.89. The van der Waals surface area contributed by atoms with Crippen molar-refractivity contribution in [3.8, 4) is 22.8 Å². The van der Waals surface area contributed by atoms with Crippen molar-refractivity contribution in [2.75, 3.05) is 0 Å². The van der Waals surface area contributed by atoms with Gasteiger partial charge in [-0.2, -0.15) is 0 Å². The molecule has 8 heteroatoms. The number of H-pyrrole nitrogens is 1. The van der Waals surface area contributed by atoms with E-state index in [1.165, 1.54) is 30.3 Å². The molecule has 6 nitrogen and oxygen atoms in total. The average molecular weight is 387 g/mol. The first-order valence-corrected chi connectivity index (χ1v) is 8.24. The molecule has 0 atom stereocenters. The van der Waals surface area contributed by atoms with E-state index in [9.17, 15) is 19.4 Å². The number of phenolic OH excluding ortho intramolecular Hbond substituents is 1. The number of aryl methyl sites for hydroxylation is 1. The number of aromatic hydroxyl groups is 2. The van der Waals surface area contributed by atoms with E-state index in [4.69, 9.17) is 16.1 Å². The zero-order chi connectivity index (χ0) is 19.3. The zero-order valence-electron chi connectivity index (χ0n) is 13.9. The van der Waals surface area contributed by atoms with Gasteiger partial charge in [-0.15, -0.1) is 0 Å². The molecule has 0 aliphatic heterocycles. The fourth-order valence-electron chi connectivity index (χ4n) is 2.96. The lowest BCUT2D eigenvalue weighted by Crippen LogP contribution is -1.99. The molecule has 2 aromatic heterocycles. The number of hydrogen-bond donors (Lipinski definition) is 3. The van der Waals surface area contributed by atoms with Crippen LogP contribution in [0.4, 0.5) is 4.39 Å². The Morgan fingerprint density at radius 2 is 1.96 bits per heavy atom. The van der Waals surface area contributed by atoms with Gasteiger partial charge in [0.15, 0.2) is 0 Å². The smallest absolute Gasteiger partial charge is 0.237 e. The molecule has 0 fully saturated rings. The van der Waals surface area contributed by atoms with Crippen molar-refractivity contribution < 1.29 is 23.9 Å². The zero-order valence-corrected chi connectivity index (χ0v) is 14.6. The number of halogens is 2. The number of fused-ring (bicyclic) bond motifs is 1. The van der Waals surface area contributed by atoms with Crippen molar-refractivity contribution in [3.05, 3.63) is 64.3 Å². The predicted octanol–water partition coefficient (Wildman–Crippen LogP) is 4.57. The Balaban J connectivity index is 1.94. The largest absolute Gasteiger partial charge is 0.507 e. The highest BCUT2D eigenvalue weighted by atomic mass is 35.5. The summed E-state index contributed by atoms with van der Waals surface area (Å²) >= 11 is 6.29. The molecule has 0 saturated heterocycles. The van der Waals surface area contributed by atoms with Gasteiger partial charge in [0.25, 0.3) is 0 Å². The number of benzene rings is 2. The molecule has 0 aliphatic rings. The average Bonchev–Trinajstić information content (AvgIpc) is 3.16. The number of phenols is 1. The quantitative estimate of drug-likeness (QED) is 0.448. The van der Waals surface area contributed by atoms with Gasteiger partial charge < -0.3 is 19.7 Å². The van der Waals surface area contributed by atoms with Crippen molar-refractivity contribution in [2.24, 2.45) is 0 Å². The SMILES string of the molecule is Cc1cc(C(=O)c2c(O)[nH]c3cc(Cl)c(-c4ccc(F)cc4O)cc23)on1. The normalized spacial score (nSPS) is 11.2. The molecule has 4 aromatic rings. The molecule has 136 valence electrons. The molecule has 3 N–H and O–H groups in total. The number of aromatic amines is 1. The van der Waals surface area contributed by atoms with Crippen LogP contribution < -0.4 is 0 Å². The van der Waals surface area contributed by atoms with E-state index >= 15 is 0 Å². The van der Waals surface area contributed by atoms with Crippen LogP contribution in [0.25, 0.3) is 22.0 Å². The third kappa shape index (κ3) is 2.82. The maximum atomic E-state index is 13.3. The van der Waals surface area contributed by atoms with E-state index in [-0.39, 0.29) is 33.5 Å². The van der Waals surface area contributed by atoms with Crippen LogP contribution in [-0.4, -0.2) is 26.1 Å². The number of carbonyl (C=O) groups excluding carboxylic acids is 1. The topological polar surface area (TPSA) is 99.3 Å². The second-order valence-corrected chi connectivity index (χ2v) is 6.46. The number of ketones is 1. The van der Waals surface area contributed by atoms with Crippen molar-refractivity contribution in [3.63, 3.8) is 0 Å². The summed E-state index contributed by atoms with van der Waals surface area (Å²) in [6.07, 6.45) is 0. The summed E-state index contributed by atoms with van der Waals surface area (Å²) in [5.74, 6) is -1.82. The molecular formula is C19H12ClFN2O4. The fourth-order valence-corrected chi connectivity index (χ4v) is 3.23. The van der Waals surface area contributed by atoms with Gasteiger partial charge >= 0.3 is 0 Å². The summed E-state index contributed by atoms with van der Waals surface area (Å²) in [4.78, 5) is 15.4. The molecule has 4 rings (SSSR count). The van der Waals surface area contributed by atoms with E-state index in [2.05, 4.69) is 10.1 Å². The monoisotopic (exact) mass is 386 g/mol. The second-order valence-electron chi connectivity index (χ2n) is 6.05. The lowest BCUT2D eigenvalue weighted by atomic mass is 9.99. The van der Waals surface area contributed by atoms with E-state index in [1.54, 1.807) is 6.92 Å². The van der Waals surface area contributed by atoms with Crippen LogP contribution in [-0.2, 0) is 0 Å². The Bertz CT molecular complexity index is 1210. The predicted molar refractivity (Wildman–Crippen MR) is 96.7 cm³/mol. The van der Waals surface area contributed by atoms with Gasteiger partial charge in [0.2, 0.25) is 17.4 Å². The van der Waals surface area contributed by atoms with Gasteiger partial charge in [-0.05, 0) is 31.2 Å². The van der Waals surface area contributed by atoms with Crippen LogP contribution in [0.15, 0.2) is 40.9 Å². The lowest BCUT2D eigenvalue weighted by Gasteiger charge is -2.08. The molecule has 2 heterocycles. The number of nitrogens with zero attached hydrogens (tertiary/aromatic N) is 1. The Labute approximate surface area is 156 Å². The van der Waals surface area contributed by atoms with Crippen LogP contribution >= 0.6 is 11.6 Å². The highest BCUT2D eigenvalue weighted by molar-refractivity contribution is 6.34. The third-order valence-electron chi connectivity index (χ3n) is 4.20. The molecule has 0 radical (unpaired) electrons. The highest BCUT2D eigenvalue weighted by Crippen LogP contribution is 2.40. The van der Waals surface area contributed by atoms with Crippen LogP contribution in [0.3, 0.4) is 0 Å². The van der Waals surface area contributed by atoms with Crippen molar-refractivity contribution in [1.82, 2.24) is 10.1 Å². The van der Waals surface area contributed by atoms with Gasteiger partial charge in [-0.1, -0.05) is 16.8 Å². The van der Waals surface area contributed by atoms with Crippen LogP contribution in [0.5, 0.6) is 11.6 Å². The molecule has 0 aliphatic carbocycles. The Morgan fingerprint density at radius 3 is 2.63 bits per heavy atom. The summed E-state index contributed by atoms with van der Waals surface area (Å²) in [5.41, 5.74) is 1.60. The number of aromatic nitrogens is 2. The van der Waals surface area contributed by atoms with Gasteiger partial charge in [0, 0.05) is 28.6 Å². The highest BCUT2D eigenvalue weighted by Gasteiger charge is 2.24. The molecule has 0 bridgehead atoms. The fraction of sp³-hybridized carbons (Fsp3) is 0.0526. The summed E-state index contributed by atoms with van der Waals surface area (Å²) in [6, 6.07) is 8.05. The van der Waals surface area contributed by atoms with Gasteiger partial charge in [0.05, 0.1) is 21.8 Å². The molecule has 27 heavy (non-hydrogen) atoms. The maximum absolute atomic E-state index is 13.3. The number of carbonyl (C=O) groups is 1. The van der Waals surface area contributed by atoms with E-state index in [1.807, 2.05) is 0 Å². The minimum Gasteiger partial charge on any atom is -0.507 e. The maximum Gasteiger partial charge on any atom is 0.237 e. The number of nitrogens with one attached hydrogen (secondary N) is 1. The van der Waals surface area contributed by atoms with Crippen molar-refractivity contribution in [1.29, 1.82) is 0 Å². The van der Waals surface area contributed by atoms with E-state index in [0.717, 1.165) is 6.07 Å². The Morgan fingerprint density at radius 1 is 1.19 bits per heavy atom. The van der Waals surface area contributed by atoms with Gasteiger partial charge in [0.1, 0.15) is 11.6 Å². The standard InChI is InChI=1S/C19H12ClFN2O4/c1-8-4-16(27-23-8)18(25)17-12-6-11(10-3-2-9(21)5-15(10)24)13(20)7-14(12)22-19(17)26/h2-7,22,24,26H,1H3. The summed E-state index contributed by atoms with van der Waals surface area (Å²) in [7, 11) is 0. The number of rotatable bonds is 3. The van der Waals surface area contributed by atoms with Crippen molar-refractivity contribution >= 4 is 28.3 Å². The van der Waals surface area contributed by atoms with Crippen molar-refractivity contribution in [2.45, 2.75) is 6.92 Å².